The van der Waals surface area contributed by atoms with Gasteiger partial charge in [0.2, 0.25) is 5.91 Å². The van der Waals surface area contributed by atoms with Crippen molar-refractivity contribution < 1.29 is 4.79 Å². The number of hydrogen-bond donors (Lipinski definition) is 2. The van der Waals surface area contributed by atoms with Crippen molar-refractivity contribution in [1.82, 2.24) is 5.32 Å². The molecule has 2 rings (SSSR count). The van der Waals surface area contributed by atoms with Gasteiger partial charge in [0, 0.05) is 17.3 Å². The minimum atomic E-state index is -0.329. The number of rotatable bonds is 4. The molecule has 0 aromatic heterocycles. The molecule has 4 atom stereocenters. The van der Waals surface area contributed by atoms with E-state index < -0.39 is 0 Å². The van der Waals surface area contributed by atoms with Crippen molar-refractivity contribution in [3.63, 3.8) is 0 Å². The first kappa shape index (κ1) is 14.2. The van der Waals surface area contributed by atoms with E-state index in [2.05, 4.69) is 12.2 Å². The summed E-state index contributed by atoms with van der Waals surface area (Å²) in [4.78, 5) is 12.5. The molecule has 104 valence electrons. The summed E-state index contributed by atoms with van der Waals surface area (Å²) in [7, 11) is 0. The summed E-state index contributed by atoms with van der Waals surface area (Å²) in [5.74, 6) is 1.33. The highest BCUT2D eigenvalue weighted by Crippen LogP contribution is 2.38. The van der Waals surface area contributed by atoms with Gasteiger partial charge in [-0.2, -0.15) is 11.8 Å². The van der Waals surface area contributed by atoms with E-state index in [1.54, 1.807) is 0 Å². The zero-order chi connectivity index (χ0) is 13.2. The molecule has 0 saturated heterocycles. The third-order valence-corrected chi connectivity index (χ3v) is 6.02. The Morgan fingerprint density at radius 3 is 2.78 bits per heavy atom. The molecule has 0 aromatic rings. The molecule has 2 fully saturated rings. The third-order valence-electron chi connectivity index (χ3n) is 4.70. The summed E-state index contributed by atoms with van der Waals surface area (Å²) in [5, 5.41) is 3.90. The Morgan fingerprint density at radius 2 is 2.17 bits per heavy atom. The zero-order valence-electron chi connectivity index (χ0n) is 11.6. The van der Waals surface area contributed by atoms with E-state index in [1.807, 2.05) is 18.7 Å². The Labute approximate surface area is 115 Å². The van der Waals surface area contributed by atoms with Gasteiger partial charge in [-0.15, -0.1) is 0 Å². The van der Waals surface area contributed by atoms with E-state index in [0.717, 1.165) is 31.4 Å². The van der Waals surface area contributed by atoms with Gasteiger partial charge in [-0.3, -0.25) is 4.79 Å². The minimum Gasteiger partial charge on any atom is -0.352 e. The molecule has 0 radical (unpaired) electrons. The van der Waals surface area contributed by atoms with E-state index in [-0.39, 0.29) is 17.4 Å². The molecule has 18 heavy (non-hydrogen) atoms. The third kappa shape index (κ3) is 2.69. The van der Waals surface area contributed by atoms with Crippen molar-refractivity contribution in [2.24, 2.45) is 11.1 Å². The minimum absolute atomic E-state index is 0.0381. The van der Waals surface area contributed by atoms with Crippen LogP contribution in [0.5, 0.6) is 0 Å². The van der Waals surface area contributed by atoms with Gasteiger partial charge in [0.1, 0.15) is 0 Å². The first-order chi connectivity index (χ1) is 8.58. The molecule has 3 nitrogen and oxygen atoms in total. The Morgan fingerprint density at radius 1 is 1.39 bits per heavy atom. The lowest BCUT2D eigenvalue weighted by Crippen LogP contribution is -2.51. The predicted octanol–water partition coefficient (Wildman–Crippen LogP) is 2.29. The average molecular weight is 270 g/mol. The van der Waals surface area contributed by atoms with Crippen LogP contribution in [0, 0.1) is 5.41 Å². The van der Waals surface area contributed by atoms with E-state index >= 15 is 0 Å². The molecular weight excluding hydrogens is 244 g/mol. The van der Waals surface area contributed by atoms with Crippen LogP contribution in [0.2, 0.25) is 0 Å². The van der Waals surface area contributed by atoms with Gasteiger partial charge in [0.05, 0.1) is 5.41 Å². The molecule has 2 aliphatic rings. The molecule has 4 unspecified atom stereocenters. The maximum Gasteiger partial charge on any atom is 0.227 e. The van der Waals surface area contributed by atoms with Crippen LogP contribution in [-0.2, 0) is 4.79 Å². The second kappa shape index (κ2) is 5.83. The number of nitrogens with two attached hydrogens (primary N) is 1. The maximum atomic E-state index is 12.5. The Bertz CT molecular complexity index is 310. The lowest BCUT2D eigenvalue weighted by molar-refractivity contribution is -0.131. The Balaban J connectivity index is 1.94. The second-order valence-electron chi connectivity index (χ2n) is 5.92. The highest BCUT2D eigenvalue weighted by molar-refractivity contribution is 7.99. The van der Waals surface area contributed by atoms with Crippen LogP contribution < -0.4 is 11.1 Å². The average Bonchev–Trinajstić information content (AvgIpc) is 2.89. The summed E-state index contributed by atoms with van der Waals surface area (Å²) in [5.41, 5.74) is 5.79. The van der Waals surface area contributed by atoms with Gasteiger partial charge in [-0.05, 0) is 38.4 Å². The summed E-state index contributed by atoms with van der Waals surface area (Å²) < 4.78 is 0. The predicted molar refractivity (Wildman–Crippen MR) is 77.6 cm³/mol. The molecule has 2 aliphatic carbocycles. The number of nitrogens with one attached hydrogen (secondary N) is 1. The van der Waals surface area contributed by atoms with Gasteiger partial charge in [0.15, 0.2) is 0 Å². The number of hydrogen-bond acceptors (Lipinski definition) is 3. The number of amides is 1. The fourth-order valence-corrected chi connectivity index (χ4v) is 4.51. The first-order valence-corrected chi connectivity index (χ1v) is 8.31. The molecule has 0 bridgehead atoms. The van der Waals surface area contributed by atoms with Gasteiger partial charge in [-0.1, -0.05) is 19.8 Å². The van der Waals surface area contributed by atoms with Gasteiger partial charge in [-0.25, -0.2) is 0 Å². The largest absolute Gasteiger partial charge is 0.352 e. The molecule has 0 aromatic carbocycles. The lowest BCUT2D eigenvalue weighted by Gasteiger charge is -2.30. The quantitative estimate of drug-likeness (QED) is 0.824. The molecule has 4 heteroatoms. The van der Waals surface area contributed by atoms with E-state index in [0.29, 0.717) is 11.3 Å². The van der Waals surface area contributed by atoms with Crippen LogP contribution in [0.25, 0.3) is 0 Å². The molecule has 3 N–H and O–H groups in total. The summed E-state index contributed by atoms with van der Waals surface area (Å²) in [6, 6.07) is 0.406. The molecule has 2 saturated carbocycles. The van der Waals surface area contributed by atoms with Crippen molar-refractivity contribution in [2.45, 2.75) is 69.7 Å². The topological polar surface area (TPSA) is 55.1 Å². The monoisotopic (exact) mass is 270 g/mol. The van der Waals surface area contributed by atoms with Gasteiger partial charge in [0.25, 0.3) is 0 Å². The van der Waals surface area contributed by atoms with Gasteiger partial charge < -0.3 is 11.1 Å². The number of thioether (sulfide) groups is 1. The Kier molecular flexibility index (Phi) is 4.59. The fourth-order valence-electron chi connectivity index (χ4n) is 3.31. The number of carbonyl (C=O) groups is 1. The molecule has 1 amide bonds. The molecule has 0 spiro atoms. The standard InChI is InChI=1S/C14H26N2OS/c1-3-18-11-7-4-6-10(11)16-13(17)14(2)9-5-8-12(14)15/h10-12H,3-9,15H2,1-2H3,(H,16,17). The number of carbonyl (C=O) groups excluding carboxylic acids is 1. The van der Waals surface area contributed by atoms with Crippen molar-refractivity contribution in [3.05, 3.63) is 0 Å². The van der Waals surface area contributed by atoms with Crippen LogP contribution in [-0.4, -0.2) is 29.0 Å². The summed E-state index contributed by atoms with van der Waals surface area (Å²) in [6.07, 6.45) is 6.63. The van der Waals surface area contributed by atoms with Crippen LogP contribution in [0.1, 0.15) is 52.4 Å². The van der Waals surface area contributed by atoms with E-state index in [4.69, 9.17) is 5.73 Å². The van der Waals surface area contributed by atoms with E-state index in [1.165, 1.54) is 12.8 Å². The van der Waals surface area contributed by atoms with Crippen LogP contribution in [0.15, 0.2) is 0 Å². The highest BCUT2D eigenvalue weighted by atomic mass is 32.2. The van der Waals surface area contributed by atoms with Crippen LogP contribution in [0.3, 0.4) is 0 Å². The van der Waals surface area contributed by atoms with Crippen LogP contribution >= 0.6 is 11.8 Å². The first-order valence-electron chi connectivity index (χ1n) is 7.26. The van der Waals surface area contributed by atoms with Crippen molar-refractivity contribution in [2.75, 3.05) is 5.75 Å². The van der Waals surface area contributed by atoms with Crippen molar-refractivity contribution >= 4 is 17.7 Å². The van der Waals surface area contributed by atoms with Crippen molar-refractivity contribution in [3.8, 4) is 0 Å². The van der Waals surface area contributed by atoms with Gasteiger partial charge >= 0.3 is 0 Å². The maximum absolute atomic E-state index is 12.5. The van der Waals surface area contributed by atoms with E-state index in [9.17, 15) is 4.79 Å². The SMILES string of the molecule is CCSC1CCCC1NC(=O)C1(C)CCCC1N. The van der Waals surface area contributed by atoms with Crippen LogP contribution in [0.4, 0.5) is 0 Å². The molecule has 0 aliphatic heterocycles. The lowest BCUT2D eigenvalue weighted by atomic mass is 9.84. The zero-order valence-corrected chi connectivity index (χ0v) is 12.4. The normalized spacial score (nSPS) is 40.1. The Hall–Kier alpha value is -0.220. The summed E-state index contributed by atoms with van der Waals surface area (Å²) in [6.45, 7) is 4.23. The molecular formula is C14H26N2OS. The summed E-state index contributed by atoms with van der Waals surface area (Å²) >= 11 is 1.99. The second-order valence-corrected chi connectivity index (χ2v) is 7.44. The highest BCUT2D eigenvalue weighted by Gasteiger charge is 2.44. The smallest absolute Gasteiger partial charge is 0.227 e. The molecule has 0 heterocycles. The fraction of sp³-hybridized carbons (Fsp3) is 0.929. The van der Waals surface area contributed by atoms with Crippen molar-refractivity contribution in [1.29, 1.82) is 0 Å².